The number of hydrogen-bond donors (Lipinski definition) is 0. The van der Waals surface area contributed by atoms with Crippen LogP contribution in [0.2, 0.25) is 0 Å². The standard InChI is InChI=1S/C24H25N3O3S/c1-17-22(30-21-10-6-5-9-20(21)29-17)24(28)27-13-11-26(12-14-27)15-19-16-31-23(25-19)18-7-3-2-4-8-18/h2-10,16-17,22H,11-15H2,1H3. The SMILES string of the molecule is CC1Oc2ccccc2OC1C(=O)N1CCN(Cc2csc(-c3ccccc3)n2)CC1. The Kier molecular flexibility index (Phi) is 5.61. The number of aromatic nitrogens is 1. The van der Waals surface area contributed by atoms with Crippen molar-refractivity contribution < 1.29 is 14.3 Å². The zero-order valence-electron chi connectivity index (χ0n) is 17.4. The van der Waals surface area contributed by atoms with E-state index in [1.165, 1.54) is 0 Å². The second kappa shape index (κ2) is 8.69. The van der Waals surface area contributed by atoms with Crippen molar-refractivity contribution in [2.75, 3.05) is 26.2 Å². The lowest BCUT2D eigenvalue weighted by atomic mass is 10.1. The molecule has 7 heteroatoms. The molecule has 0 bridgehead atoms. The van der Waals surface area contributed by atoms with Gasteiger partial charge in [-0.3, -0.25) is 9.69 Å². The largest absolute Gasteiger partial charge is 0.482 e. The van der Waals surface area contributed by atoms with Crippen molar-refractivity contribution in [2.24, 2.45) is 0 Å². The van der Waals surface area contributed by atoms with Crippen LogP contribution >= 0.6 is 11.3 Å². The normalized spacial score (nSPS) is 21.1. The minimum atomic E-state index is -0.603. The van der Waals surface area contributed by atoms with Gasteiger partial charge in [0.05, 0.1) is 5.69 Å². The first-order valence-corrected chi connectivity index (χ1v) is 11.5. The summed E-state index contributed by atoms with van der Waals surface area (Å²) in [4.78, 5) is 22.1. The lowest BCUT2D eigenvalue weighted by molar-refractivity contribution is -0.146. The van der Waals surface area contributed by atoms with E-state index in [2.05, 4.69) is 22.4 Å². The van der Waals surface area contributed by atoms with Crippen LogP contribution in [0.15, 0.2) is 60.0 Å². The molecule has 0 spiro atoms. The highest BCUT2D eigenvalue weighted by Crippen LogP contribution is 2.34. The van der Waals surface area contributed by atoms with Gasteiger partial charge in [-0.15, -0.1) is 11.3 Å². The van der Waals surface area contributed by atoms with E-state index in [1.54, 1.807) is 11.3 Å². The molecule has 0 N–H and O–H groups in total. The van der Waals surface area contributed by atoms with Gasteiger partial charge in [0.25, 0.3) is 5.91 Å². The van der Waals surface area contributed by atoms with Crippen LogP contribution in [0.5, 0.6) is 11.5 Å². The fourth-order valence-corrected chi connectivity index (χ4v) is 4.84. The van der Waals surface area contributed by atoms with Crippen molar-refractivity contribution in [1.29, 1.82) is 0 Å². The summed E-state index contributed by atoms with van der Waals surface area (Å²) in [6.07, 6.45) is -0.916. The number of fused-ring (bicyclic) bond motifs is 1. The summed E-state index contributed by atoms with van der Waals surface area (Å²) in [6, 6.07) is 17.8. The molecular weight excluding hydrogens is 410 g/mol. The second-order valence-corrected chi connectivity index (χ2v) is 8.78. The predicted octanol–water partition coefficient (Wildman–Crippen LogP) is 3.68. The molecule has 5 rings (SSSR count). The van der Waals surface area contributed by atoms with Gasteiger partial charge in [0, 0.05) is 43.7 Å². The van der Waals surface area contributed by atoms with Crippen LogP contribution in [0.4, 0.5) is 0 Å². The monoisotopic (exact) mass is 435 g/mol. The van der Waals surface area contributed by atoms with Crippen LogP contribution in [0.25, 0.3) is 10.6 Å². The van der Waals surface area contributed by atoms with E-state index in [4.69, 9.17) is 14.5 Å². The van der Waals surface area contributed by atoms with Crippen LogP contribution < -0.4 is 9.47 Å². The molecule has 2 aliphatic rings. The highest BCUT2D eigenvalue weighted by Gasteiger charge is 2.37. The van der Waals surface area contributed by atoms with Gasteiger partial charge in [-0.05, 0) is 19.1 Å². The van der Waals surface area contributed by atoms with Crippen molar-refractivity contribution in [3.05, 3.63) is 65.7 Å². The Morgan fingerprint density at radius 1 is 1.00 bits per heavy atom. The maximum Gasteiger partial charge on any atom is 0.267 e. The van der Waals surface area contributed by atoms with Gasteiger partial charge in [0.1, 0.15) is 11.1 Å². The smallest absolute Gasteiger partial charge is 0.267 e. The molecule has 0 radical (unpaired) electrons. The van der Waals surface area contributed by atoms with Crippen LogP contribution in [0.1, 0.15) is 12.6 Å². The average Bonchev–Trinajstić information content (AvgIpc) is 3.28. The third kappa shape index (κ3) is 4.29. The first-order valence-electron chi connectivity index (χ1n) is 10.6. The Labute approximate surface area is 186 Å². The molecule has 3 aromatic rings. The highest BCUT2D eigenvalue weighted by atomic mass is 32.1. The molecule has 0 saturated carbocycles. The molecule has 1 fully saturated rings. The molecule has 1 amide bonds. The van der Waals surface area contributed by atoms with Crippen LogP contribution in [-0.4, -0.2) is 59.1 Å². The zero-order chi connectivity index (χ0) is 21.2. The van der Waals surface area contributed by atoms with E-state index in [0.29, 0.717) is 24.6 Å². The molecule has 1 saturated heterocycles. The summed E-state index contributed by atoms with van der Waals surface area (Å²) in [5.74, 6) is 1.33. The third-order valence-corrected chi connectivity index (χ3v) is 6.67. The maximum absolute atomic E-state index is 13.1. The molecule has 6 nitrogen and oxygen atoms in total. The fourth-order valence-electron chi connectivity index (χ4n) is 4.02. The number of nitrogens with zero attached hydrogens (tertiary/aromatic N) is 3. The molecule has 2 aromatic carbocycles. The zero-order valence-corrected chi connectivity index (χ0v) is 18.3. The maximum atomic E-state index is 13.1. The summed E-state index contributed by atoms with van der Waals surface area (Å²) in [7, 11) is 0. The highest BCUT2D eigenvalue weighted by molar-refractivity contribution is 7.13. The number of para-hydroxylation sites is 2. The van der Waals surface area contributed by atoms with E-state index in [1.807, 2.05) is 54.3 Å². The number of ether oxygens (including phenoxy) is 2. The van der Waals surface area contributed by atoms with Gasteiger partial charge >= 0.3 is 0 Å². The number of benzene rings is 2. The van der Waals surface area contributed by atoms with Crippen molar-refractivity contribution in [2.45, 2.75) is 25.7 Å². The average molecular weight is 436 g/mol. The minimum Gasteiger partial charge on any atom is -0.482 e. The summed E-state index contributed by atoms with van der Waals surface area (Å²) in [5.41, 5.74) is 2.23. The first-order chi connectivity index (χ1) is 15.2. The number of piperazine rings is 1. The van der Waals surface area contributed by atoms with Gasteiger partial charge in [0.15, 0.2) is 11.5 Å². The third-order valence-electron chi connectivity index (χ3n) is 5.73. The molecule has 2 atom stereocenters. The number of hydrogen-bond acceptors (Lipinski definition) is 6. The first kappa shape index (κ1) is 20.0. The van der Waals surface area contributed by atoms with Gasteiger partial charge < -0.3 is 14.4 Å². The van der Waals surface area contributed by atoms with Crippen molar-refractivity contribution in [3.8, 4) is 22.1 Å². The molecule has 2 unspecified atom stereocenters. The van der Waals surface area contributed by atoms with Crippen molar-refractivity contribution in [1.82, 2.24) is 14.8 Å². The number of amides is 1. The Bertz CT molecular complexity index is 1050. The molecule has 3 heterocycles. The Hall–Kier alpha value is -2.90. The molecule has 2 aliphatic heterocycles. The van der Waals surface area contributed by atoms with E-state index in [0.717, 1.165) is 35.9 Å². The van der Waals surface area contributed by atoms with Gasteiger partial charge in [0.2, 0.25) is 6.10 Å². The van der Waals surface area contributed by atoms with E-state index in [9.17, 15) is 4.79 Å². The summed E-state index contributed by atoms with van der Waals surface area (Å²) in [5, 5.41) is 3.18. The summed E-state index contributed by atoms with van der Waals surface area (Å²) < 4.78 is 11.9. The molecule has 1 aromatic heterocycles. The fraction of sp³-hybridized carbons (Fsp3) is 0.333. The number of thiazole rings is 1. The Morgan fingerprint density at radius 2 is 1.68 bits per heavy atom. The topological polar surface area (TPSA) is 54.9 Å². The summed E-state index contributed by atoms with van der Waals surface area (Å²) in [6.45, 7) is 5.70. The predicted molar refractivity (Wildman–Crippen MR) is 120 cm³/mol. The number of carbonyl (C=O) groups excluding carboxylic acids is 1. The van der Waals surface area contributed by atoms with Crippen LogP contribution in [0, 0.1) is 0 Å². The van der Waals surface area contributed by atoms with E-state index < -0.39 is 6.10 Å². The van der Waals surface area contributed by atoms with E-state index in [-0.39, 0.29) is 12.0 Å². The van der Waals surface area contributed by atoms with Crippen molar-refractivity contribution in [3.63, 3.8) is 0 Å². The van der Waals surface area contributed by atoms with Crippen LogP contribution in [0.3, 0.4) is 0 Å². The molecular formula is C24H25N3O3S. The lowest BCUT2D eigenvalue weighted by Gasteiger charge is -2.38. The number of carbonyl (C=O) groups is 1. The Balaban J connectivity index is 1.16. The lowest BCUT2D eigenvalue weighted by Crippen LogP contribution is -2.55. The molecule has 0 aliphatic carbocycles. The minimum absolute atomic E-state index is 0.00155. The Morgan fingerprint density at radius 3 is 2.42 bits per heavy atom. The van der Waals surface area contributed by atoms with Gasteiger partial charge in [-0.1, -0.05) is 42.5 Å². The molecule has 160 valence electrons. The number of rotatable bonds is 4. The van der Waals surface area contributed by atoms with Crippen molar-refractivity contribution >= 4 is 17.2 Å². The molecule has 31 heavy (non-hydrogen) atoms. The van der Waals surface area contributed by atoms with Gasteiger partial charge in [-0.25, -0.2) is 4.98 Å². The second-order valence-electron chi connectivity index (χ2n) is 7.92. The van der Waals surface area contributed by atoms with E-state index >= 15 is 0 Å². The quantitative estimate of drug-likeness (QED) is 0.626. The van der Waals surface area contributed by atoms with Crippen LogP contribution in [-0.2, 0) is 11.3 Å². The summed E-state index contributed by atoms with van der Waals surface area (Å²) >= 11 is 1.68. The van der Waals surface area contributed by atoms with Gasteiger partial charge in [-0.2, -0.15) is 0 Å².